The van der Waals surface area contributed by atoms with Gasteiger partial charge in [-0.1, -0.05) is 115 Å². The van der Waals surface area contributed by atoms with Crippen LogP contribution in [0.25, 0.3) is 6.08 Å². The summed E-state index contributed by atoms with van der Waals surface area (Å²) in [5, 5.41) is 0.294. The predicted molar refractivity (Wildman–Crippen MR) is 157 cm³/mol. The predicted octanol–water partition coefficient (Wildman–Crippen LogP) is 6.06. The highest BCUT2D eigenvalue weighted by Crippen LogP contribution is 2.50. The Morgan fingerprint density at radius 3 is 1.93 bits per heavy atom. The van der Waals surface area contributed by atoms with Crippen molar-refractivity contribution in [3.8, 4) is 0 Å². The molecule has 4 aromatic carbocycles. The van der Waals surface area contributed by atoms with E-state index in [0.717, 1.165) is 27.3 Å². The third kappa shape index (κ3) is 4.06. The van der Waals surface area contributed by atoms with Gasteiger partial charge in [-0.25, -0.2) is 9.69 Å². The van der Waals surface area contributed by atoms with Crippen LogP contribution in [0.2, 0.25) is 5.02 Å². The van der Waals surface area contributed by atoms with Gasteiger partial charge in [-0.3, -0.25) is 9.59 Å². The van der Waals surface area contributed by atoms with Crippen LogP contribution in [-0.4, -0.2) is 29.9 Å². The Kier molecular flexibility index (Phi) is 6.20. The van der Waals surface area contributed by atoms with Crippen LogP contribution in [0, 0.1) is 11.8 Å². The average molecular weight is 561 g/mol. The molecule has 41 heavy (non-hydrogen) atoms. The molecule has 7 heteroatoms. The lowest BCUT2D eigenvalue weighted by Gasteiger charge is -2.36. The minimum absolute atomic E-state index is 0.294. The molecule has 4 atom stereocenters. The first kappa shape index (κ1) is 25.3. The van der Waals surface area contributed by atoms with Gasteiger partial charge in [-0.15, -0.1) is 0 Å². The molecule has 0 radical (unpaired) electrons. The highest BCUT2D eigenvalue weighted by atomic mass is 35.5. The number of halogens is 1. The fourth-order valence-electron chi connectivity index (χ4n) is 6.42. The van der Waals surface area contributed by atoms with Crippen molar-refractivity contribution in [1.29, 1.82) is 0 Å². The molecule has 6 nitrogen and oxygen atoms in total. The van der Waals surface area contributed by atoms with Crippen molar-refractivity contribution in [3.05, 3.63) is 137 Å². The second-order valence-electron chi connectivity index (χ2n) is 10.4. The number of carbonyl (C=O) groups excluding carboxylic acids is 3. The summed E-state index contributed by atoms with van der Waals surface area (Å²) in [6, 6.07) is 32.0. The molecule has 3 heterocycles. The molecule has 2 fully saturated rings. The molecule has 0 N–H and O–H groups in total. The molecule has 0 aliphatic carbocycles. The number of imide groups is 1. The van der Waals surface area contributed by atoms with Gasteiger partial charge in [0, 0.05) is 5.69 Å². The number of hydrogen-bond donors (Lipinski definition) is 0. The van der Waals surface area contributed by atoms with E-state index < -0.39 is 41.9 Å². The molecule has 2 amide bonds. The van der Waals surface area contributed by atoms with Crippen LogP contribution >= 0.6 is 11.6 Å². The lowest BCUT2D eigenvalue weighted by atomic mass is 9.88. The van der Waals surface area contributed by atoms with E-state index >= 15 is 0 Å². The summed E-state index contributed by atoms with van der Waals surface area (Å²) < 4.78 is 6.31. The first-order valence-corrected chi connectivity index (χ1v) is 13.9. The minimum atomic E-state index is -1.02. The van der Waals surface area contributed by atoms with Crippen molar-refractivity contribution in [2.24, 2.45) is 11.8 Å². The number of rotatable bonds is 5. The minimum Gasteiger partial charge on any atom is -0.451 e. The summed E-state index contributed by atoms with van der Waals surface area (Å²) in [5.41, 5.74) is 3.64. The molecule has 7 rings (SSSR count). The molecule has 0 aromatic heterocycles. The van der Waals surface area contributed by atoms with Crippen LogP contribution in [-0.2, 0) is 19.1 Å². The number of fused-ring (bicyclic) bond motifs is 5. The lowest BCUT2D eigenvalue weighted by Crippen LogP contribution is -2.49. The molecule has 4 aromatic rings. The van der Waals surface area contributed by atoms with Gasteiger partial charge in [0.15, 0.2) is 6.10 Å². The standard InChI is InChI=1S/C34H25ClN2O4/c35-24-16-8-10-18-26(24)37-32(38)28-27-20-19-21-11-7-9-17-25(21)36(27)30(29(28)33(37)39)34(40)41-31(22-12-3-1-4-13-22)23-14-5-2-6-15-23/h1-20,27-31H/t27-,28-,29-,30-/m1/s1. The molecular formula is C34H25ClN2O4. The fourth-order valence-corrected chi connectivity index (χ4v) is 6.65. The van der Waals surface area contributed by atoms with E-state index in [9.17, 15) is 14.4 Å². The Bertz CT molecular complexity index is 1650. The topological polar surface area (TPSA) is 66.9 Å². The van der Waals surface area contributed by atoms with Crippen molar-refractivity contribution in [2.75, 3.05) is 9.80 Å². The number of hydrogen-bond acceptors (Lipinski definition) is 5. The van der Waals surface area contributed by atoms with Gasteiger partial charge in [-0.05, 0) is 34.9 Å². The molecule has 2 saturated heterocycles. The van der Waals surface area contributed by atoms with Crippen LogP contribution in [0.15, 0.2) is 115 Å². The Morgan fingerprint density at radius 1 is 0.707 bits per heavy atom. The van der Waals surface area contributed by atoms with Crippen LogP contribution < -0.4 is 9.80 Å². The summed E-state index contributed by atoms with van der Waals surface area (Å²) in [7, 11) is 0. The van der Waals surface area contributed by atoms with E-state index in [2.05, 4.69) is 0 Å². The number of benzene rings is 4. The third-order valence-corrected chi connectivity index (χ3v) is 8.51. The number of carbonyl (C=O) groups is 3. The molecule has 3 aliphatic heterocycles. The summed E-state index contributed by atoms with van der Waals surface area (Å²) in [6.45, 7) is 0. The fraction of sp³-hybridized carbons (Fsp3) is 0.147. The Balaban J connectivity index is 1.33. The zero-order chi connectivity index (χ0) is 28.1. The largest absolute Gasteiger partial charge is 0.451 e. The molecule has 0 saturated carbocycles. The van der Waals surface area contributed by atoms with Crippen molar-refractivity contribution in [3.63, 3.8) is 0 Å². The van der Waals surface area contributed by atoms with Gasteiger partial charge in [-0.2, -0.15) is 0 Å². The molecule has 202 valence electrons. The zero-order valence-corrected chi connectivity index (χ0v) is 22.6. The van der Waals surface area contributed by atoms with Crippen molar-refractivity contribution >= 4 is 46.8 Å². The number of anilines is 2. The zero-order valence-electron chi connectivity index (χ0n) is 21.8. The van der Waals surface area contributed by atoms with Crippen molar-refractivity contribution < 1.29 is 19.1 Å². The van der Waals surface area contributed by atoms with Crippen LogP contribution in [0.1, 0.15) is 22.8 Å². The number of ether oxygens (including phenoxy) is 1. The summed E-state index contributed by atoms with van der Waals surface area (Å²) in [6.07, 6.45) is 3.18. The Labute approximate surface area is 242 Å². The number of esters is 1. The third-order valence-electron chi connectivity index (χ3n) is 8.19. The molecular weight excluding hydrogens is 536 g/mol. The maximum absolute atomic E-state index is 14.4. The van der Waals surface area contributed by atoms with E-state index in [1.165, 1.54) is 0 Å². The maximum atomic E-state index is 14.4. The molecule has 0 spiro atoms. The van der Waals surface area contributed by atoms with Gasteiger partial charge < -0.3 is 9.64 Å². The first-order chi connectivity index (χ1) is 20.0. The maximum Gasteiger partial charge on any atom is 0.330 e. The number of nitrogens with zero attached hydrogens (tertiary/aromatic N) is 2. The highest BCUT2D eigenvalue weighted by molar-refractivity contribution is 6.36. The van der Waals surface area contributed by atoms with Crippen LogP contribution in [0.3, 0.4) is 0 Å². The van der Waals surface area contributed by atoms with Gasteiger partial charge in [0.05, 0.1) is 28.6 Å². The molecule has 0 bridgehead atoms. The summed E-state index contributed by atoms with van der Waals surface area (Å²) >= 11 is 6.44. The second-order valence-corrected chi connectivity index (χ2v) is 10.8. The summed E-state index contributed by atoms with van der Waals surface area (Å²) in [5.74, 6) is -3.10. The van der Waals surface area contributed by atoms with Crippen molar-refractivity contribution in [2.45, 2.75) is 18.2 Å². The average Bonchev–Trinajstić information content (AvgIpc) is 3.49. The molecule has 0 unspecified atom stereocenters. The smallest absolute Gasteiger partial charge is 0.330 e. The van der Waals surface area contributed by atoms with E-state index in [1.54, 1.807) is 24.3 Å². The molecule has 3 aliphatic rings. The lowest BCUT2D eigenvalue weighted by molar-refractivity contribution is -0.151. The van der Waals surface area contributed by atoms with E-state index in [1.807, 2.05) is 102 Å². The number of para-hydroxylation sites is 2. The number of amides is 2. The Hall–Kier alpha value is -4.68. The van der Waals surface area contributed by atoms with Crippen LogP contribution in [0.5, 0.6) is 0 Å². The quantitative estimate of drug-likeness (QED) is 0.219. The summed E-state index contributed by atoms with van der Waals surface area (Å²) in [4.78, 5) is 45.5. The second kappa shape index (κ2) is 10.1. The monoisotopic (exact) mass is 560 g/mol. The van der Waals surface area contributed by atoms with E-state index in [0.29, 0.717) is 10.7 Å². The first-order valence-electron chi connectivity index (χ1n) is 13.5. The van der Waals surface area contributed by atoms with Gasteiger partial charge in [0.2, 0.25) is 11.8 Å². The van der Waals surface area contributed by atoms with Gasteiger partial charge in [0.25, 0.3) is 0 Å². The van der Waals surface area contributed by atoms with Crippen LogP contribution in [0.4, 0.5) is 11.4 Å². The SMILES string of the molecule is O=C(OC(c1ccccc1)c1ccccc1)[C@H]1[C@@H]2C(=O)N(c3ccccc3Cl)C(=O)[C@@H]2[C@H]2C=Cc3ccccc3N21. The Morgan fingerprint density at radius 2 is 1.27 bits per heavy atom. The van der Waals surface area contributed by atoms with Gasteiger partial charge in [0.1, 0.15) is 6.04 Å². The van der Waals surface area contributed by atoms with Crippen molar-refractivity contribution in [1.82, 2.24) is 0 Å². The highest BCUT2D eigenvalue weighted by Gasteiger charge is 2.65. The van der Waals surface area contributed by atoms with Gasteiger partial charge >= 0.3 is 5.97 Å². The van der Waals surface area contributed by atoms with E-state index in [-0.39, 0.29) is 5.91 Å². The normalized spacial score (nSPS) is 22.5. The van der Waals surface area contributed by atoms with E-state index in [4.69, 9.17) is 16.3 Å².